The van der Waals surface area contributed by atoms with Crippen LogP contribution in [0.5, 0.6) is 0 Å². The molecule has 0 saturated carbocycles. The molecule has 154 valence electrons. The lowest BCUT2D eigenvalue weighted by Gasteiger charge is -2.04. The molecule has 0 aliphatic rings. The van der Waals surface area contributed by atoms with Crippen molar-refractivity contribution in [3.05, 3.63) is 38.0 Å². The summed E-state index contributed by atoms with van der Waals surface area (Å²) in [6, 6.07) is 0. The first kappa shape index (κ1) is 31.7. The van der Waals surface area contributed by atoms with Crippen LogP contribution in [0.4, 0.5) is 0 Å². The van der Waals surface area contributed by atoms with Crippen molar-refractivity contribution < 1.29 is 39.9 Å². The summed E-state index contributed by atoms with van der Waals surface area (Å²) in [6.07, 6.45) is 2.71. The molecule has 26 heavy (non-hydrogen) atoms. The fourth-order valence-corrected chi connectivity index (χ4v) is 0.667. The summed E-state index contributed by atoms with van der Waals surface area (Å²) in [4.78, 5) is 18.5. The van der Waals surface area contributed by atoms with Crippen LogP contribution in [0.2, 0.25) is 0 Å². The van der Waals surface area contributed by atoms with Crippen LogP contribution in [0.3, 0.4) is 0 Å². The number of carboxylic acid groups (broad SMARTS) is 2. The predicted octanol–water partition coefficient (Wildman–Crippen LogP) is -1.42. The molecule has 10 nitrogen and oxygen atoms in total. The third-order valence-corrected chi connectivity index (χ3v) is 1.77. The van der Waals surface area contributed by atoms with E-state index in [1.807, 2.05) is 0 Å². The number of aliphatic carboxylic acids is 2. The number of nitrogens with two attached hydrogens (primary N) is 1. The topological polar surface area (TPSA) is 183 Å². The Bertz CT molecular complexity index is 329. The van der Waals surface area contributed by atoms with Crippen LogP contribution in [-0.2, 0) is 14.3 Å². The van der Waals surface area contributed by atoms with E-state index in [1.54, 1.807) is 0 Å². The number of nitrogens with one attached hydrogen (secondary N) is 1. The molecule has 10 heteroatoms. The average Bonchev–Trinajstić information content (AvgIpc) is 2.63. The molecule has 1 unspecified atom stereocenters. The lowest BCUT2D eigenvalue weighted by molar-refractivity contribution is -0.132. The smallest absolute Gasteiger partial charge is 0.327 e. The van der Waals surface area contributed by atoms with Crippen molar-refractivity contribution in [2.75, 3.05) is 46.1 Å². The van der Waals surface area contributed by atoms with Crippen molar-refractivity contribution in [3.8, 4) is 0 Å². The van der Waals surface area contributed by atoms with Gasteiger partial charge < -0.3 is 41.3 Å². The van der Waals surface area contributed by atoms with Crippen molar-refractivity contribution in [2.24, 2.45) is 5.73 Å². The molecule has 0 aromatic carbocycles. The van der Waals surface area contributed by atoms with E-state index in [0.29, 0.717) is 26.3 Å². The first-order chi connectivity index (χ1) is 12.3. The molecule has 0 spiro atoms. The lowest BCUT2D eigenvalue weighted by Crippen LogP contribution is -2.29. The molecular formula is C16H32N2O8. The third kappa shape index (κ3) is 57.5. The fraction of sp³-hybridized carbons (Fsp3) is 0.500. The van der Waals surface area contributed by atoms with Crippen LogP contribution < -0.4 is 11.1 Å². The maximum atomic E-state index is 9.25. The van der Waals surface area contributed by atoms with Crippen LogP contribution in [0.25, 0.3) is 0 Å². The molecule has 0 aromatic heterocycles. The number of rotatable bonds is 11. The Morgan fingerprint density at radius 2 is 1.42 bits per heavy atom. The molecule has 0 fully saturated rings. The minimum absolute atomic E-state index is 0.0278. The number of aliphatic hydroxyl groups is 3. The molecule has 0 bridgehead atoms. The Kier molecular flexibility index (Phi) is 37.5. The standard InChI is InChI=1S/C6H14N2O.C4H10O3.2C3H4O2/c1-2-6(9)5-8-4-3-7;5-1-3-7-4-2-6;2*1-2-3(4)5/h2,6,8-9H,1,3-5,7H2;5-6H,1-4H2;2*2H,1H2,(H,4,5). The Morgan fingerprint density at radius 3 is 1.65 bits per heavy atom. The molecule has 0 aliphatic heterocycles. The summed E-state index contributed by atoms with van der Waals surface area (Å²) in [7, 11) is 0. The molecular weight excluding hydrogens is 348 g/mol. The molecule has 1 atom stereocenters. The summed E-state index contributed by atoms with van der Waals surface area (Å²) < 4.78 is 4.63. The Hall–Kier alpha value is -2.08. The van der Waals surface area contributed by atoms with E-state index >= 15 is 0 Å². The van der Waals surface area contributed by atoms with E-state index < -0.39 is 18.0 Å². The maximum absolute atomic E-state index is 9.25. The van der Waals surface area contributed by atoms with Gasteiger partial charge in [-0.1, -0.05) is 19.2 Å². The summed E-state index contributed by atoms with van der Waals surface area (Å²) in [5.74, 6) is -1.96. The SMILES string of the molecule is C=CC(=O)O.C=CC(=O)O.C=CC(O)CNCCN.OCCOCCO. The van der Waals surface area contributed by atoms with Gasteiger partial charge in [0.05, 0.1) is 32.5 Å². The summed E-state index contributed by atoms with van der Waals surface area (Å²) in [5, 5.41) is 43.2. The summed E-state index contributed by atoms with van der Waals surface area (Å²) in [6.45, 7) is 11.9. The van der Waals surface area contributed by atoms with Crippen molar-refractivity contribution in [3.63, 3.8) is 0 Å². The Labute approximate surface area is 153 Å². The fourth-order valence-electron chi connectivity index (χ4n) is 0.667. The van der Waals surface area contributed by atoms with Gasteiger partial charge in [0.2, 0.25) is 0 Å². The highest BCUT2D eigenvalue weighted by molar-refractivity contribution is 5.79. The van der Waals surface area contributed by atoms with Crippen LogP contribution in [0.15, 0.2) is 38.0 Å². The van der Waals surface area contributed by atoms with Crippen molar-refractivity contribution in [1.29, 1.82) is 0 Å². The van der Waals surface area contributed by atoms with Crippen LogP contribution in [0, 0.1) is 0 Å². The second kappa shape index (κ2) is 30.8. The van der Waals surface area contributed by atoms with Crippen molar-refractivity contribution in [2.45, 2.75) is 6.10 Å². The predicted molar refractivity (Wildman–Crippen MR) is 98.8 cm³/mol. The van der Waals surface area contributed by atoms with Crippen LogP contribution in [-0.4, -0.2) is 89.6 Å². The first-order valence-electron chi connectivity index (χ1n) is 7.48. The van der Waals surface area contributed by atoms with Crippen LogP contribution >= 0.6 is 0 Å². The Morgan fingerprint density at radius 1 is 1.04 bits per heavy atom. The number of carboxylic acids is 2. The highest BCUT2D eigenvalue weighted by Crippen LogP contribution is 1.77. The van der Waals surface area contributed by atoms with Gasteiger partial charge in [-0.2, -0.15) is 0 Å². The van der Waals surface area contributed by atoms with Crippen molar-refractivity contribution >= 4 is 11.9 Å². The molecule has 0 heterocycles. The number of carbonyl (C=O) groups is 2. The molecule has 0 amide bonds. The monoisotopic (exact) mass is 380 g/mol. The van der Waals surface area contributed by atoms with E-state index in [2.05, 4.69) is 29.8 Å². The van der Waals surface area contributed by atoms with Crippen molar-refractivity contribution in [1.82, 2.24) is 5.32 Å². The Balaban J connectivity index is -0.000000128. The second-order valence-electron chi connectivity index (χ2n) is 3.94. The average molecular weight is 380 g/mol. The number of hydrogen-bond donors (Lipinski definition) is 7. The zero-order valence-electron chi connectivity index (χ0n) is 14.9. The molecule has 0 saturated heterocycles. The first-order valence-corrected chi connectivity index (χ1v) is 7.48. The van der Waals surface area contributed by atoms with E-state index in [1.165, 1.54) is 6.08 Å². The van der Waals surface area contributed by atoms with Gasteiger partial charge in [0, 0.05) is 31.8 Å². The molecule has 0 radical (unpaired) electrons. The highest BCUT2D eigenvalue weighted by Gasteiger charge is 1.93. The largest absolute Gasteiger partial charge is 0.478 e. The number of hydrogen-bond acceptors (Lipinski definition) is 8. The normalized spacial score (nSPS) is 9.54. The van der Waals surface area contributed by atoms with Gasteiger partial charge in [-0.05, 0) is 0 Å². The van der Waals surface area contributed by atoms with Gasteiger partial charge in [-0.3, -0.25) is 0 Å². The van der Waals surface area contributed by atoms with Gasteiger partial charge in [0.1, 0.15) is 0 Å². The molecule has 0 aromatic rings. The maximum Gasteiger partial charge on any atom is 0.327 e. The third-order valence-electron chi connectivity index (χ3n) is 1.77. The molecule has 0 rings (SSSR count). The number of aliphatic hydroxyl groups excluding tert-OH is 3. The summed E-state index contributed by atoms with van der Waals surface area (Å²) >= 11 is 0. The van der Waals surface area contributed by atoms with E-state index in [0.717, 1.165) is 18.7 Å². The number of ether oxygens (including phenoxy) is 1. The lowest BCUT2D eigenvalue weighted by atomic mass is 10.3. The summed E-state index contributed by atoms with van der Waals surface area (Å²) in [5.41, 5.74) is 5.19. The van der Waals surface area contributed by atoms with Gasteiger partial charge in [-0.15, -0.1) is 6.58 Å². The zero-order valence-corrected chi connectivity index (χ0v) is 14.9. The molecule has 0 aliphatic carbocycles. The zero-order chi connectivity index (χ0) is 21.2. The minimum atomic E-state index is -0.981. The van der Waals surface area contributed by atoms with Gasteiger partial charge in [0.25, 0.3) is 0 Å². The minimum Gasteiger partial charge on any atom is -0.478 e. The highest BCUT2D eigenvalue weighted by atomic mass is 16.5. The molecule has 8 N–H and O–H groups in total. The van der Waals surface area contributed by atoms with Crippen LogP contribution in [0.1, 0.15) is 0 Å². The van der Waals surface area contributed by atoms with E-state index in [4.69, 9.17) is 31.3 Å². The quantitative estimate of drug-likeness (QED) is 0.128. The second-order valence-corrected chi connectivity index (χ2v) is 3.94. The van der Waals surface area contributed by atoms with E-state index in [9.17, 15) is 9.59 Å². The van der Waals surface area contributed by atoms with Gasteiger partial charge >= 0.3 is 11.9 Å². The van der Waals surface area contributed by atoms with Gasteiger partial charge in [-0.25, -0.2) is 9.59 Å². The van der Waals surface area contributed by atoms with E-state index in [-0.39, 0.29) is 13.2 Å². The van der Waals surface area contributed by atoms with Gasteiger partial charge in [0.15, 0.2) is 0 Å².